The maximum absolute atomic E-state index is 12.0. The zero-order valence-electron chi connectivity index (χ0n) is 22.4. The van der Waals surface area contributed by atoms with Crippen LogP contribution in [0.25, 0.3) is 0 Å². The van der Waals surface area contributed by atoms with Crippen LogP contribution in [0.2, 0.25) is 0 Å². The molecule has 0 atom stereocenters. The van der Waals surface area contributed by atoms with Crippen molar-refractivity contribution in [3.05, 3.63) is 77.6 Å². The minimum absolute atomic E-state index is 0.121. The van der Waals surface area contributed by atoms with Crippen LogP contribution in [0.3, 0.4) is 0 Å². The summed E-state index contributed by atoms with van der Waals surface area (Å²) >= 11 is 0. The van der Waals surface area contributed by atoms with Gasteiger partial charge in [-0.2, -0.15) is 15.0 Å². The molecular formula is C27H32N10O3. The molecule has 3 aromatic rings. The smallest absolute Gasteiger partial charge is 0.343 e. The van der Waals surface area contributed by atoms with Gasteiger partial charge in [0.25, 0.3) is 0 Å². The van der Waals surface area contributed by atoms with E-state index < -0.39 is 11.9 Å². The molecule has 4 N–H and O–H groups in total. The fourth-order valence-corrected chi connectivity index (χ4v) is 4.11. The van der Waals surface area contributed by atoms with E-state index in [-0.39, 0.29) is 12.5 Å². The van der Waals surface area contributed by atoms with E-state index in [0.717, 1.165) is 41.5 Å². The van der Waals surface area contributed by atoms with E-state index in [1.165, 1.54) is 5.56 Å². The first-order valence-electron chi connectivity index (χ1n) is 12.9. The second-order valence-electron chi connectivity index (χ2n) is 9.48. The number of benzene rings is 2. The number of likely N-dealkylation sites (N-methyl/N-ethyl adjacent to an activating group) is 1. The van der Waals surface area contributed by atoms with Gasteiger partial charge in [0, 0.05) is 52.2 Å². The monoisotopic (exact) mass is 544 g/mol. The number of nitrogens with one attached hydrogen (secondary N) is 4. The largest absolute Gasteiger partial charge is 0.497 e. The van der Waals surface area contributed by atoms with Crippen molar-refractivity contribution in [1.82, 2.24) is 35.1 Å². The fourth-order valence-electron chi connectivity index (χ4n) is 4.11. The number of methoxy groups -OCH3 is 1. The molecule has 0 unspecified atom stereocenters. The molecular weight excluding hydrogens is 512 g/mol. The van der Waals surface area contributed by atoms with E-state index in [9.17, 15) is 9.59 Å². The van der Waals surface area contributed by atoms with Gasteiger partial charge in [-0.15, -0.1) is 0 Å². The standard InChI is InChI=1S/C27H32N10O3/c1-35-11-13-36(14-12-35)17-21-5-3-19(4-6-21)15-28-24-31-25(29-16-20-7-9-22(40-2)10-8-20)33-26(32-24)34-37-18-23(38)30-27(37)39/h3-11,13H,12,14-18H2,1-2H3,(H,30,38,39)(H3,28,29,31,32,33,34). The third-order valence-electron chi connectivity index (χ3n) is 6.40. The summed E-state index contributed by atoms with van der Waals surface area (Å²) in [6, 6.07) is 15.4. The molecule has 1 saturated heterocycles. The Labute approximate surface area is 232 Å². The molecule has 3 amide bonds. The van der Waals surface area contributed by atoms with Crippen molar-refractivity contribution in [3.8, 4) is 5.75 Å². The van der Waals surface area contributed by atoms with Crippen molar-refractivity contribution in [2.45, 2.75) is 19.6 Å². The average molecular weight is 545 g/mol. The summed E-state index contributed by atoms with van der Waals surface area (Å²) in [6.07, 6.45) is 4.21. The van der Waals surface area contributed by atoms with Crippen molar-refractivity contribution in [2.75, 3.05) is 49.9 Å². The van der Waals surface area contributed by atoms with Crippen LogP contribution < -0.4 is 26.1 Å². The summed E-state index contributed by atoms with van der Waals surface area (Å²) in [5, 5.41) is 9.75. The normalized spacial score (nSPS) is 14.8. The van der Waals surface area contributed by atoms with Crippen LogP contribution in [-0.2, 0) is 24.4 Å². The number of carbonyl (C=O) groups excluding carboxylic acids is 2. The van der Waals surface area contributed by atoms with Crippen molar-refractivity contribution in [3.63, 3.8) is 0 Å². The number of urea groups is 1. The van der Waals surface area contributed by atoms with Gasteiger partial charge in [0.05, 0.1) is 7.11 Å². The lowest BCUT2D eigenvalue weighted by Crippen LogP contribution is -2.34. The van der Waals surface area contributed by atoms with Crippen LogP contribution in [-0.4, -0.2) is 75.5 Å². The molecule has 13 nitrogen and oxygen atoms in total. The molecule has 0 aliphatic carbocycles. The predicted octanol–water partition coefficient (Wildman–Crippen LogP) is 2.20. The third kappa shape index (κ3) is 7.07. The number of rotatable bonds is 11. The van der Waals surface area contributed by atoms with E-state index in [1.54, 1.807) is 7.11 Å². The molecule has 5 rings (SSSR count). The van der Waals surface area contributed by atoms with Gasteiger partial charge in [0.1, 0.15) is 12.3 Å². The molecule has 0 bridgehead atoms. The minimum Gasteiger partial charge on any atom is -0.497 e. The van der Waals surface area contributed by atoms with E-state index in [1.807, 2.05) is 24.3 Å². The topological polar surface area (TPSA) is 140 Å². The molecule has 13 heteroatoms. The Morgan fingerprint density at radius 1 is 0.825 bits per heavy atom. The summed E-state index contributed by atoms with van der Waals surface area (Å²) in [5.74, 6) is 1.10. The van der Waals surface area contributed by atoms with Gasteiger partial charge in [0.15, 0.2) is 0 Å². The molecule has 208 valence electrons. The molecule has 1 fully saturated rings. The first-order valence-corrected chi connectivity index (χ1v) is 12.9. The highest BCUT2D eigenvalue weighted by Crippen LogP contribution is 2.16. The number of carbonyl (C=O) groups is 2. The lowest BCUT2D eigenvalue weighted by atomic mass is 10.1. The van der Waals surface area contributed by atoms with Crippen LogP contribution in [0.1, 0.15) is 16.7 Å². The predicted molar refractivity (Wildman–Crippen MR) is 150 cm³/mol. The Morgan fingerprint density at radius 2 is 1.43 bits per heavy atom. The van der Waals surface area contributed by atoms with Gasteiger partial charge in [-0.05, 0) is 28.8 Å². The summed E-state index contributed by atoms with van der Waals surface area (Å²) in [6.45, 7) is 3.66. The van der Waals surface area contributed by atoms with Crippen molar-refractivity contribution >= 4 is 29.8 Å². The van der Waals surface area contributed by atoms with Gasteiger partial charge in [-0.1, -0.05) is 36.4 Å². The Balaban J connectivity index is 1.25. The summed E-state index contributed by atoms with van der Waals surface area (Å²) < 4.78 is 5.21. The number of imide groups is 1. The van der Waals surface area contributed by atoms with Gasteiger partial charge in [0.2, 0.25) is 23.8 Å². The summed E-state index contributed by atoms with van der Waals surface area (Å²) in [5.41, 5.74) is 6.08. The Kier molecular flexibility index (Phi) is 8.09. The number of hydrazine groups is 1. The van der Waals surface area contributed by atoms with Crippen LogP contribution in [0, 0.1) is 0 Å². The molecule has 0 radical (unpaired) electrons. The second-order valence-corrected chi connectivity index (χ2v) is 9.48. The highest BCUT2D eigenvalue weighted by molar-refractivity contribution is 6.02. The molecule has 2 aliphatic heterocycles. The van der Waals surface area contributed by atoms with E-state index >= 15 is 0 Å². The van der Waals surface area contributed by atoms with Gasteiger partial charge < -0.3 is 25.2 Å². The molecule has 1 aromatic heterocycles. The molecule has 0 spiro atoms. The number of hydrogen-bond acceptors (Lipinski definition) is 11. The molecule has 0 saturated carbocycles. The molecule has 2 aliphatic rings. The zero-order chi connectivity index (χ0) is 27.9. The quantitative estimate of drug-likeness (QED) is 0.264. The van der Waals surface area contributed by atoms with E-state index in [0.29, 0.717) is 25.0 Å². The number of aromatic nitrogens is 3. The first kappa shape index (κ1) is 26.5. The maximum atomic E-state index is 12.0. The lowest BCUT2D eigenvalue weighted by molar-refractivity contribution is -0.118. The zero-order valence-corrected chi connectivity index (χ0v) is 22.4. The van der Waals surface area contributed by atoms with Crippen LogP contribution in [0.4, 0.5) is 22.6 Å². The van der Waals surface area contributed by atoms with Crippen molar-refractivity contribution in [1.29, 1.82) is 0 Å². The molecule has 3 heterocycles. The number of nitrogens with zero attached hydrogens (tertiary/aromatic N) is 6. The molecule has 2 aromatic carbocycles. The van der Waals surface area contributed by atoms with Crippen molar-refractivity contribution < 1.29 is 14.3 Å². The van der Waals surface area contributed by atoms with Crippen LogP contribution in [0.15, 0.2) is 60.9 Å². The average Bonchev–Trinajstić information content (AvgIpc) is 3.28. The Bertz CT molecular complexity index is 1360. The Hall–Kier alpha value is -5.07. The van der Waals surface area contributed by atoms with Crippen LogP contribution >= 0.6 is 0 Å². The minimum atomic E-state index is -0.570. The van der Waals surface area contributed by atoms with E-state index in [2.05, 4.69) is 89.8 Å². The maximum Gasteiger partial charge on any atom is 0.343 e. The first-order chi connectivity index (χ1) is 19.4. The van der Waals surface area contributed by atoms with Gasteiger partial charge in [-0.3, -0.25) is 15.5 Å². The number of anilines is 3. The number of ether oxygens (including phenoxy) is 1. The highest BCUT2D eigenvalue weighted by Gasteiger charge is 2.27. The number of hydrogen-bond donors (Lipinski definition) is 4. The summed E-state index contributed by atoms with van der Waals surface area (Å²) in [7, 11) is 3.70. The SMILES string of the molecule is COc1ccc(CNc2nc(NCc3ccc(CN4C=CN(C)CC4)cc3)nc(NN3CC(=O)NC3=O)n2)cc1. The lowest BCUT2D eigenvalue weighted by Gasteiger charge is -2.28. The molecule has 40 heavy (non-hydrogen) atoms. The van der Waals surface area contributed by atoms with Gasteiger partial charge >= 0.3 is 6.03 Å². The third-order valence-corrected chi connectivity index (χ3v) is 6.40. The number of amides is 3. The van der Waals surface area contributed by atoms with E-state index in [4.69, 9.17) is 4.74 Å². The van der Waals surface area contributed by atoms with Gasteiger partial charge in [-0.25, -0.2) is 9.80 Å². The Morgan fingerprint density at radius 3 is 1.98 bits per heavy atom. The van der Waals surface area contributed by atoms with Crippen LogP contribution in [0.5, 0.6) is 5.75 Å². The second kappa shape index (κ2) is 12.2. The van der Waals surface area contributed by atoms with Crippen molar-refractivity contribution in [2.24, 2.45) is 0 Å². The fraction of sp³-hybridized carbons (Fsp3) is 0.296. The summed E-state index contributed by atoms with van der Waals surface area (Å²) in [4.78, 5) is 41.3. The highest BCUT2D eigenvalue weighted by atomic mass is 16.5.